The van der Waals surface area contributed by atoms with Gasteiger partial charge in [0.25, 0.3) is 0 Å². The number of hydrogen-bond acceptors (Lipinski definition) is 3. The van der Waals surface area contributed by atoms with Crippen molar-refractivity contribution in [1.29, 1.82) is 0 Å². The van der Waals surface area contributed by atoms with Crippen LogP contribution in [0.25, 0.3) is 10.8 Å². The molecule has 0 spiro atoms. The lowest BCUT2D eigenvalue weighted by molar-refractivity contribution is -0.122. The number of ether oxygens (including phenoxy) is 1. The van der Waals surface area contributed by atoms with Gasteiger partial charge in [0.2, 0.25) is 0 Å². The number of Topliss-reactive ketones (excluding diaryl/α,β-unsaturated/α-hetero) is 1. The Morgan fingerprint density at radius 3 is 2.70 bits per heavy atom. The summed E-state index contributed by atoms with van der Waals surface area (Å²) in [6, 6.07) is 15.0. The lowest BCUT2D eigenvalue weighted by Crippen LogP contribution is -2.50. The van der Waals surface area contributed by atoms with Crippen LogP contribution in [0.15, 0.2) is 55.1 Å². The summed E-state index contributed by atoms with van der Waals surface area (Å²) in [5.41, 5.74) is 1.16. The molecule has 0 bridgehead atoms. The average molecular weight is 448 g/mol. The van der Waals surface area contributed by atoms with Crippen molar-refractivity contribution < 1.29 is 14.3 Å². The molecule has 1 amide bonds. The van der Waals surface area contributed by atoms with Gasteiger partial charge < -0.3 is 9.64 Å². The largest absolute Gasteiger partial charge is 0.446 e. The highest BCUT2D eigenvalue weighted by atomic mass is 16.6. The van der Waals surface area contributed by atoms with Crippen LogP contribution in [0.4, 0.5) is 4.79 Å². The van der Waals surface area contributed by atoms with Crippen LogP contribution in [0.2, 0.25) is 0 Å². The molecule has 1 heterocycles. The van der Waals surface area contributed by atoms with Crippen LogP contribution in [0.3, 0.4) is 0 Å². The van der Waals surface area contributed by atoms with E-state index >= 15 is 0 Å². The molecule has 1 aliphatic carbocycles. The Labute approximate surface area is 198 Å². The smallest absolute Gasteiger partial charge is 0.410 e. The van der Waals surface area contributed by atoms with Gasteiger partial charge in [0.05, 0.1) is 0 Å². The molecular formula is C29H37NO3. The van der Waals surface area contributed by atoms with E-state index in [1.807, 2.05) is 0 Å². The van der Waals surface area contributed by atoms with Crippen LogP contribution >= 0.6 is 0 Å². The van der Waals surface area contributed by atoms with Crippen LogP contribution in [-0.2, 0) is 14.9 Å². The molecule has 2 aromatic rings. The third-order valence-electron chi connectivity index (χ3n) is 7.94. The fourth-order valence-corrected chi connectivity index (χ4v) is 5.83. The minimum Gasteiger partial charge on any atom is -0.446 e. The predicted molar refractivity (Wildman–Crippen MR) is 133 cm³/mol. The normalized spacial score (nSPS) is 26.3. The standard InChI is InChI=1S/C29H37NO3/c1-5-8-24-19-25(31)15-16-30(24)28(32)33-27-17-20(2)11-14-26(27)29(3,4)23-13-12-21-9-6-7-10-22(21)18-23/h5-7,9-10,12-13,18,20,24,26-27H,1,8,11,14-17,19H2,2-4H3/t20-,24-,26-,27-/m1/s1. The van der Waals surface area contributed by atoms with Crippen LogP contribution in [0.5, 0.6) is 0 Å². The van der Waals surface area contributed by atoms with E-state index in [-0.39, 0.29) is 35.4 Å². The summed E-state index contributed by atoms with van der Waals surface area (Å²) in [6.07, 6.45) is 5.88. The Morgan fingerprint density at radius 1 is 1.18 bits per heavy atom. The lowest BCUT2D eigenvalue weighted by Gasteiger charge is -2.45. The summed E-state index contributed by atoms with van der Waals surface area (Å²) < 4.78 is 6.26. The summed E-state index contributed by atoms with van der Waals surface area (Å²) in [5, 5.41) is 2.48. The molecular weight excluding hydrogens is 410 g/mol. The van der Waals surface area contributed by atoms with Crippen LogP contribution in [-0.4, -0.2) is 35.5 Å². The number of carbonyl (C=O) groups excluding carboxylic acids is 2. The highest BCUT2D eigenvalue weighted by Gasteiger charge is 2.43. The molecule has 2 fully saturated rings. The van der Waals surface area contributed by atoms with Gasteiger partial charge in [-0.25, -0.2) is 4.79 Å². The molecule has 0 aromatic heterocycles. The van der Waals surface area contributed by atoms with Crippen molar-refractivity contribution >= 4 is 22.6 Å². The maximum absolute atomic E-state index is 13.3. The van der Waals surface area contributed by atoms with Gasteiger partial charge in [-0.3, -0.25) is 4.79 Å². The number of nitrogens with zero attached hydrogens (tertiary/aromatic N) is 1. The molecule has 2 aromatic carbocycles. The first-order chi connectivity index (χ1) is 15.8. The number of likely N-dealkylation sites (tertiary alicyclic amines) is 1. The minimum atomic E-state index is -0.271. The van der Waals surface area contributed by atoms with E-state index in [1.165, 1.54) is 16.3 Å². The maximum atomic E-state index is 13.3. The van der Waals surface area contributed by atoms with Crippen LogP contribution in [0.1, 0.15) is 64.9 Å². The van der Waals surface area contributed by atoms with E-state index in [9.17, 15) is 9.59 Å². The Bertz CT molecular complexity index is 1030. The quantitative estimate of drug-likeness (QED) is 0.481. The van der Waals surface area contributed by atoms with E-state index in [4.69, 9.17) is 4.74 Å². The van der Waals surface area contributed by atoms with Gasteiger partial charge in [-0.05, 0) is 46.9 Å². The van der Waals surface area contributed by atoms with E-state index in [0.717, 1.165) is 19.3 Å². The highest BCUT2D eigenvalue weighted by molar-refractivity contribution is 5.83. The third kappa shape index (κ3) is 5.00. The van der Waals surface area contributed by atoms with Gasteiger partial charge in [0, 0.05) is 31.3 Å². The molecule has 0 N–H and O–H groups in total. The molecule has 1 saturated heterocycles. The molecule has 33 heavy (non-hydrogen) atoms. The number of hydrogen-bond donors (Lipinski definition) is 0. The second-order valence-electron chi connectivity index (χ2n) is 10.6. The van der Waals surface area contributed by atoms with Crippen molar-refractivity contribution in [3.05, 3.63) is 60.7 Å². The summed E-state index contributed by atoms with van der Waals surface area (Å²) in [4.78, 5) is 27.0. The average Bonchev–Trinajstić information content (AvgIpc) is 2.79. The molecule has 0 unspecified atom stereocenters. The Hall–Kier alpha value is -2.62. The number of benzene rings is 2. The van der Waals surface area contributed by atoms with Crippen molar-refractivity contribution in [3.63, 3.8) is 0 Å². The lowest BCUT2D eigenvalue weighted by atomic mass is 9.64. The topological polar surface area (TPSA) is 46.6 Å². The molecule has 0 radical (unpaired) electrons. The van der Waals surface area contributed by atoms with Gasteiger partial charge in [0.1, 0.15) is 11.9 Å². The second kappa shape index (κ2) is 9.70. The van der Waals surface area contributed by atoms with E-state index < -0.39 is 0 Å². The summed E-state index contributed by atoms with van der Waals surface area (Å²) in [6.45, 7) is 11.1. The van der Waals surface area contributed by atoms with Gasteiger partial charge in [0.15, 0.2) is 0 Å². The number of piperidine rings is 1. The number of ketones is 1. The van der Waals surface area contributed by atoms with Gasteiger partial charge in [-0.2, -0.15) is 0 Å². The zero-order valence-electron chi connectivity index (χ0n) is 20.3. The minimum absolute atomic E-state index is 0.131. The molecule has 2 aliphatic rings. The van der Waals surface area contributed by atoms with Crippen LogP contribution < -0.4 is 0 Å². The molecule has 4 nitrogen and oxygen atoms in total. The van der Waals surface area contributed by atoms with E-state index in [1.54, 1.807) is 11.0 Å². The van der Waals surface area contributed by atoms with Crippen molar-refractivity contribution in [2.45, 2.75) is 76.9 Å². The number of amides is 1. The number of fused-ring (bicyclic) bond motifs is 1. The predicted octanol–water partition coefficient (Wildman–Crippen LogP) is 6.67. The fraction of sp³-hybridized carbons (Fsp3) is 0.517. The monoisotopic (exact) mass is 447 g/mol. The van der Waals surface area contributed by atoms with Gasteiger partial charge in [-0.1, -0.05) is 75.7 Å². The highest BCUT2D eigenvalue weighted by Crippen LogP contribution is 2.44. The fourth-order valence-electron chi connectivity index (χ4n) is 5.83. The molecule has 4 heteroatoms. The summed E-state index contributed by atoms with van der Waals surface area (Å²) in [5.74, 6) is 0.981. The first-order valence-electron chi connectivity index (χ1n) is 12.4. The maximum Gasteiger partial charge on any atom is 0.410 e. The molecule has 176 valence electrons. The van der Waals surface area contributed by atoms with E-state index in [2.05, 4.69) is 69.8 Å². The molecule has 1 saturated carbocycles. The zero-order chi connectivity index (χ0) is 23.6. The Kier molecular flexibility index (Phi) is 6.92. The molecule has 1 aliphatic heterocycles. The van der Waals surface area contributed by atoms with Gasteiger partial charge >= 0.3 is 6.09 Å². The zero-order valence-corrected chi connectivity index (χ0v) is 20.3. The van der Waals surface area contributed by atoms with Crippen molar-refractivity contribution in [3.8, 4) is 0 Å². The first-order valence-corrected chi connectivity index (χ1v) is 12.4. The Morgan fingerprint density at radius 2 is 1.94 bits per heavy atom. The number of rotatable bonds is 5. The summed E-state index contributed by atoms with van der Waals surface area (Å²) in [7, 11) is 0. The first kappa shape index (κ1) is 23.5. The SMILES string of the molecule is C=CC[C@@H]1CC(=O)CCN1C(=O)O[C@@H]1C[C@H](C)CC[C@H]1C(C)(C)c1ccc2ccccc2c1. The number of carbonyl (C=O) groups is 2. The second-order valence-corrected chi connectivity index (χ2v) is 10.6. The third-order valence-corrected chi connectivity index (χ3v) is 7.94. The molecule has 4 atom stereocenters. The van der Waals surface area contributed by atoms with Gasteiger partial charge in [-0.15, -0.1) is 6.58 Å². The van der Waals surface area contributed by atoms with Crippen molar-refractivity contribution in [2.75, 3.05) is 6.54 Å². The van der Waals surface area contributed by atoms with Crippen LogP contribution in [0, 0.1) is 11.8 Å². The van der Waals surface area contributed by atoms with Crippen molar-refractivity contribution in [2.24, 2.45) is 11.8 Å². The summed E-state index contributed by atoms with van der Waals surface area (Å²) >= 11 is 0. The molecule has 4 rings (SSSR count). The van der Waals surface area contributed by atoms with E-state index in [0.29, 0.717) is 31.7 Å². The Balaban J connectivity index is 1.57. The van der Waals surface area contributed by atoms with Crippen molar-refractivity contribution in [1.82, 2.24) is 4.90 Å².